The van der Waals surface area contributed by atoms with Crippen LogP contribution >= 0.6 is 22.6 Å². The zero-order chi connectivity index (χ0) is 19.2. The van der Waals surface area contributed by atoms with Crippen LogP contribution in [0.15, 0.2) is 30.5 Å². The number of hydrogen-bond donors (Lipinski definition) is 0. The average molecular weight is 473 g/mol. The highest BCUT2D eigenvalue weighted by Crippen LogP contribution is 2.46. The molecule has 2 fully saturated rings. The summed E-state index contributed by atoms with van der Waals surface area (Å²) in [5, 5.41) is 10.6. The molecule has 1 aliphatic heterocycles. The number of rotatable bonds is 5. The molecular formula is C22H24IN3O. The minimum atomic E-state index is -0.450. The number of halogens is 1. The highest BCUT2D eigenvalue weighted by Gasteiger charge is 2.51. The normalized spacial score (nSPS) is 23.0. The molecule has 2 unspecified atom stereocenters. The maximum absolute atomic E-state index is 13.2. The van der Waals surface area contributed by atoms with Crippen molar-refractivity contribution in [3.8, 4) is 6.07 Å². The van der Waals surface area contributed by atoms with Gasteiger partial charge in [-0.25, -0.2) is 0 Å². The van der Waals surface area contributed by atoms with Gasteiger partial charge < -0.3 is 4.90 Å². The van der Waals surface area contributed by atoms with Crippen LogP contribution < -0.4 is 4.90 Å². The first-order chi connectivity index (χ1) is 12.9. The number of β-lactam (4-membered cyclic amide) rings is 1. The minimum Gasteiger partial charge on any atom is -0.306 e. The van der Waals surface area contributed by atoms with E-state index < -0.39 is 5.41 Å². The summed E-state index contributed by atoms with van der Waals surface area (Å²) in [6, 6.07) is 10.6. The fourth-order valence-corrected chi connectivity index (χ4v) is 4.98. The van der Waals surface area contributed by atoms with Crippen LogP contribution in [0.1, 0.15) is 46.0 Å². The van der Waals surface area contributed by atoms with Gasteiger partial charge in [-0.3, -0.25) is 9.78 Å². The van der Waals surface area contributed by atoms with E-state index in [1.165, 1.54) is 19.3 Å². The van der Waals surface area contributed by atoms with E-state index in [9.17, 15) is 10.1 Å². The minimum absolute atomic E-state index is 0.0426. The van der Waals surface area contributed by atoms with Crippen LogP contribution in [0, 0.1) is 32.2 Å². The average Bonchev–Trinajstić information content (AvgIpc) is 2.62. The molecule has 2 heterocycles. The molecule has 1 amide bonds. The lowest BCUT2D eigenvalue weighted by molar-refractivity contribution is -0.132. The van der Waals surface area contributed by atoms with Crippen molar-refractivity contribution in [3.63, 3.8) is 0 Å². The quantitative estimate of drug-likeness (QED) is 0.438. The second-order valence-corrected chi connectivity index (χ2v) is 9.74. The summed E-state index contributed by atoms with van der Waals surface area (Å²) in [6.07, 6.45) is 7.23. The molecule has 1 saturated heterocycles. The molecule has 0 radical (unpaired) electrons. The molecule has 1 aliphatic carbocycles. The number of aromatic nitrogens is 1. The molecule has 4 nitrogen and oxygen atoms in total. The Hall–Kier alpha value is -1.68. The van der Waals surface area contributed by atoms with Crippen LogP contribution in [-0.4, -0.2) is 16.9 Å². The van der Waals surface area contributed by atoms with Gasteiger partial charge in [0.15, 0.2) is 0 Å². The highest BCUT2D eigenvalue weighted by atomic mass is 127. The standard InChI is InChI=1S/C22H24IN3O/c1-22(2,13-24)12-19-16(11-14-5-3-6-14)21(27)26(19)18-9-8-17(23)15-7-4-10-25-20(15)18/h4,7-10,14,16,19H,3,5-6,11-12H2,1-2H3. The topological polar surface area (TPSA) is 57.0 Å². The Kier molecular flexibility index (Phi) is 4.87. The zero-order valence-corrected chi connectivity index (χ0v) is 17.9. The third-order valence-electron chi connectivity index (χ3n) is 6.14. The van der Waals surface area contributed by atoms with Gasteiger partial charge in [-0.05, 0) is 73.4 Å². The van der Waals surface area contributed by atoms with E-state index in [1.807, 2.05) is 30.9 Å². The van der Waals surface area contributed by atoms with Gasteiger partial charge >= 0.3 is 0 Å². The van der Waals surface area contributed by atoms with Crippen molar-refractivity contribution in [2.45, 2.75) is 52.0 Å². The number of pyridine rings is 1. The maximum Gasteiger partial charge on any atom is 0.232 e. The van der Waals surface area contributed by atoms with E-state index in [2.05, 4.69) is 45.8 Å². The summed E-state index contributed by atoms with van der Waals surface area (Å²) in [6.45, 7) is 3.94. The van der Waals surface area contributed by atoms with Crippen molar-refractivity contribution in [1.82, 2.24) is 4.98 Å². The molecule has 1 saturated carbocycles. The Balaban J connectivity index is 1.71. The third-order valence-corrected chi connectivity index (χ3v) is 7.08. The van der Waals surface area contributed by atoms with Crippen LogP contribution in [0.2, 0.25) is 0 Å². The second-order valence-electron chi connectivity index (χ2n) is 8.58. The molecule has 2 aromatic rings. The van der Waals surface area contributed by atoms with Crippen molar-refractivity contribution < 1.29 is 4.79 Å². The van der Waals surface area contributed by atoms with E-state index in [0.717, 1.165) is 26.6 Å². The lowest BCUT2D eigenvalue weighted by Gasteiger charge is -2.50. The number of carbonyl (C=O) groups is 1. The van der Waals surface area contributed by atoms with Crippen LogP contribution in [0.5, 0.6) is 0 Å². The van der Waals surface area contributed by atoms with Gasteiger partial charge in [0.2, 0.25) is 5.91 Å². The largest absolute Gasteiger partial charge is 0.306 e. The number of nitriles is 1. The Morgan fingerprint density at radius 2 is 2.11 bits per heavy atom. The maximum atomic E-state index is 13.2. The van der Waals surface area contributed by atoms with Gasteiger partial charge in [-0.15, -0.1) is 0 Å². The molecule has 1 aromatic heterocycles. The van der Waals surface area contributed by atoms with Crippen molar-refractivity contribution in [2.75, 3.05) is 4.90 Å². The van der Waals surface area contributed by atoms with Gasteiger partial charge in [-0.1, -0.05) is 25.3 Å². The number of amides is 1. The predicted octanol–water partition coefficient (Wildman–Crippen LogP) is 5.30. The van der Waals surface area contributed by atoms with Crippen LogP contribution in [0.25, 0.3) is 10.9 Å². The van der Waals surface area contributed by atoms with E-state index in [-0.39, 0.29) is 17.9 Å². The van der Waals surface area contributed by atoms with Gasteiger partial charge in [0.05, 0.1) is 34.6 Å². The SMILES string of the molecule is CC(C)(C#N)CC1C(CC2CCC2)C(=O)N1c1ccc(I)c2cccnc12. The number of fused-ring (bicyclic) bond motifs is 1. The molecule has 0 spiro atoms. The summed E-state index contributed by atoms with van der Waals surface area (Å²) >= 11 is 2.31. The molecule has 1 aromatic carbocycles. The summed E-state index contributed by atoms with van der Waals surface area (Å²) in [4.78, 5) is 19.7. The number of benzene rings is 1. The first-order valence-electron chi connectivity index (χ1n) is 9.69. The number of hydrogen-bond acceptors (Lipinski definition) is 3. The Bertz CT molecular complexity index is 929. The molecule has 0 N–H and O–H groups in total. The molecule has 2 atom stereocenters. The first kappa shape index (κ1) is 18.7. The highest BCUT2D eigenvalue weighted by molar-refractivity contribution is 14.1. The van der Waals surface area contributed by atoms with Crippen molar-refractivity contribution in [2.24, 2.45) is 17.3 Å². The lowest BCUT2D eigenvalue weighted by Crippen LogP contribution is -2.63. The molecule has 5 heteroatoms. The number of nitrogens with zero attached hydrogens (tertiary/aromatic N) is 3. The summed E-state index contributed by atoms with van der Waals surface area (Å²) in [5.41, 5.74) is 1.31. The Morgan fingerprint density at radius 1 is 1.33 bits per heavy atom. The van der Waals surface area contributed by atoms with E-state index in [4.69, 9.17) is 0 Å². The van der Waals surface area contributed by atoms with E-state index in [0.29, 0.717) is 12.3 Å². The molecular weight excluding hydrogens is 449 g/mol. The molecule has 4 rings (SSSR count). The number of anilines is 1. The van der Waals surface area contributed by atoms with Crippen LogP contribution in [0.3, 0.4) is 0 Å². The predicted molar refractivity (Wildman–Crippen MR) is 115 cm³/mol. The van der Waals surface area contributed by atoms with Gasteiger partial charge in [0.1, 0.15) is 0 Å². The van der Waals surface area contributed by atoms with Gasteiger partial charge in [0, 0.05) is 15.2 Å². The molecule has 140 valence electrons. The lowest BCUT2D eigenvalue weighted by atomic mass is 9.69. The molecule has 0 bridgehead atoms. The second kappa shape index (κ2) is 7.05. The first-order valence-corrected chi connectivity index (χ1v) is 10.8. The fourth-order valence-electron chi connectivity index (χ4n) is 4.37. The third kappa shape index (κ3) is 3.33. The van der Waals surface area contributed by atoms with Crippen molar-refractivity contribution >= 4 is 45.1 Å². The fraction of sp³-hybridized carbons (Fsp3) is 0.500. The monoisotopic (exact) mass is 473 g/mol. The van der Waals surface area contributed by atoms with Crippen LogP contribution in [-0.2, 0) is 4.79 Å². The van der Waals surface area contributed by atoms with Gasteiger partial charge in [-0.2, -0.15) is 5.26 Å². The van der Waals surface area contributed by atoms with Crippen LogP contribution in [0.4, 0.5) is 5.69 Å². The summed E-state index contributed by atoms with van der Waals surface area (Å²) in [7, 11) is 0. The molecule has 2 aliphatic rings. The van der Waals surface area contributed by atoms with Crippen molar-refractivity contribution in [3.05, 3.63) is 34.0 Å². The van der Waals surface area contributed by atoms with E-state index >= 15 is 0 Å². The zero-order valence-electron chi connectivity index (χ0n) is 15.8. The number of carbonyl (C=O) groups excluding carboxylic acids is 1. The van der Waals surface area contributed by atoms with Gasteiger partial charge in [0.25, 0.3) is 0 Å². The summed E-state index contributed by atoms with van der Waals surface area (Å²) < 4.78 is 1.13. The summed E-state index contributed by atoms with van der Waals surface area (Å²) in [5.74, 6) is 0.926. The Morgan fingerprint density at radius 3 is 2.78 bits per heavy atom. The molecule has 27 heavy (non-hydrogen) atoms. The Labute approximate surface area is 174 Å². The van der Waals surface area contributed by atoms with E-state index in [1.54, 1.807) is 6.20 Å². The van der Waals surface area contributed by atoms with Crippen molar-refractivity contribution in [1.29, 1.82) is 5.26 Å². The smallest absolute Gasteiger partial charge is 0.232 e.